The molecule has 0 radical (unpaired) electrons. The highest BCUT2D eigenvalue weighted by Crippen LogP contribution is 2.30. The number of hydrogen-bond acceptors (Lipinski definition) is 2. The van der Waals surface area contributed by atoms with Crippen LogP contribution in [0.25, 0.3) is 10.9 Å². The molecule has 0 atom stereocenters. The summed E-state index contributed by atoms with van der Waals surface area (Å²) in [6.45, 7) is 0. The summed E-state index contributed by atoms with van der Waals surface area (Å²) in [5.74, 6) is -5.05. The fraction of sp³-hybridized carbons (Fsp3) is 0.0909. The van der Waals surface area contributed by atoms with E-state index in [1.54, 1.807) is 0 Å². The molecule has 1 aromatic heterocycles. The van der Waals surface area contributed by atoms with E-state index >= 15 is 0 Å². The van der Waals surface area contributed by atoms with Gasteiger partial charge in [-0.3, -0.25) is 4.79 Å². The molecular formula is C11H5F4NO3. The molecule has 0 aliphatic carbocycles. The number of hydrogen-bond donors (Lipinski definition) is 2. The van der Waals surface area contributed by atoms with Crippen molar-refractivity contribution < 1.29 is 32.3 Å². The molecule has 1 aromatic carbocycles. The van der Waals surface area contributed by atoms with Crippen molar-refractivity contribution in [2.75, 3.05) is 0 Å². The zero-order chi connectivity index (χ0) is 14.4. The van der Waals surface area contributed by atoms with Gasteiger partial charge in [-0.1, -0.05) is 12.1 Å². The normalized spacial score (nSPS) is 11.8. The molecule has 0 saturated carbocycles. The van der Waals surface area contributed by atoms with Crippen molar-refractivity contribution in [1.29, 1.82) is 0 Å². The monoisotopic (exact) mass is 275 g/mol. The number of para-hydroxylation sites is 1. The molecule has 0 amide bonds. The first-order valence-electron chi connectivity index (χ1n) is 4.88. The number of aromatic amines is 1. The minimum atomic E-state index is -5.24. The molecule has 19 heavy (non-hydrogen) atoms. The third-order valence-electron chi connectivity index (χ3n) is 2.48. The van der Waals surface area contributed by atoms with Gasteiger partial charge >= 0.3 is 12.1 Å². The van der Waals surface area contributed by atoms with Crippen molar-refractivity contribution >= 4 is 22.7 Å². The molecule has 0 aliphatic heterocycles. The molecule has 8 heteroatoms. The van der Waals surface area contributed by atoms with Gasteiger partial charge in [-0.2, -0.15) is 13.2 Å². The highest BCUT2D eigenvalue weighted by molar-refractivity contribution is 6.16. The Hall–Kier alpha value is -2.38. The molecule has 0 spiro atoms. The summed E-state index contributed by atoms with van der Waals surface area (Å²) in [5, 5.41) is 8.38. The van der Waals surface area contributed by atoms with Crippen LogP contribution in [0, 0.1) is 5.82 Å². The third kappa shape index (κ3) is 2.05. The second kappa shape index (κ2) is 4.08. The number of aromatic carboxylic acids is 1. The first-order valence-corrected chi connectivity index (χ1v) is 4.88. The summed E-state index contributed by atoms with van der Waals surface area (Å²) in [6, 6.07) is 3.07. The van der Waals surface area contributed by atoms with Gasteiger partial charge in [0.15, 0.2) is 0 Å². The molecular weight excluding hydrogens is 270 g/mol. The van der Waals surface area contributed by atoms with E-state index in [0.717, 1.165) is 18.2 Å². The Balaban J connectivity index is 2.84. The number of ketones is 1. The lowest BCUT2D eigenvalue weighted by Crippen LogP contribution is -2.24. The van der Waals surface area contributed by atoms with Crippen LogP contribution in [0.3, 0.4) is 0 Å². The second-order valence-corrected chi connectivity index (χ2v) is 3.67. The molecule has 1 heterocycles. The van der Waals surface area contributed by atoms with Gasteiger partial charge in [-0.05, 0) is 6.07 Å². The van der Waals surface area contributed by atoms with Crippen molar-refractivity contribution in [1.82, 2.24) is 4.98 Å². The summed E-state index contributed by atoms with van der Waals surface area (Å²) >= 11 is 0. The Bertz CT molecular complexity index is 687. The van der Waals surface area contributed by atoms with Gasteiger partial charge in [0.05, 0.1) is 11.1 Å². The van der Waals surface area contributed by atoms with E-state index in [9.17, 15) is 27.2 Å². The van der Waals surface area contributed by atoms with Gasteiger partial charge in [0.25, 0.3) is 5.78 Å². The molecule has 0 unspecified atom stereocenters. The van der Waals surface area contributed by atoms with Crippen LogP contribution in [0.1, 0.15) is 20.8 Å². The van der Waals surface area contributed by atoms with Crippen LogP contribution in [-0.4, -0.2) is 28.0 Å². The van der Waals surface area contributed by atoms with E-state index < -0.39 is 45.9 Å². The molecule has 0 saturated heterocycles. The lowest BCUT2D eigenvalue weighted by Gasteiger charge is -2.05. The van der Waals surface area contributed by atoms with Gasteiger partial charge in [0.2, 0.25) is 0 Å². The molecule has 0 fully saturated rings. The molecule has 4 nitrogen and oxygen atoms in total. The average Bonchev–Trinajstić information content (AvgIpc) is 2.67. The third-order valence-corrected chi connectivity index (χ3v) is 2.48. The smallest absolute Gasteiger partial charge is 0.454 e. The van der Waals surface area contributed by atoms with Crippen LogP contribution in [0.15, 0.2) is 18.2 Å². The first kappa shape index (κ1) is 13.1. The molecule has 2 N–H and O–H groups in total. The van der Waals surface area contributed by atoms with E-state index in [2.05, 4.69) is 0 Å². The first-order chi connectivity index (χ1) is 8.73. The topological polar surface area (TPSA) is 70.2 Å². The number of carbonyl (C=O) groups is 2. The highest BCUT2D eigenvalue weighted by atomic mass is 19.4. The summed E-state index contributed by atoms with van der Waals surface area (Å²) < 4.78 is 50.7. The van der Waals surface area contributed by atoms with Crippen molar-refractivity contribution in [3.63, 3.8) is 0 Å². The Morgan fingerprint density at radius 3 is 2.37 bits per heavy atom. The fourth-order valence-corrected chi connectivity index (χ4v) is 1.72. The predicted octanol–water partition coefficient (Wildman–Crippen LogP) is 2.75. The maximum Gasteiger partial charge on any atom is 0.454 e. The van der Waals surface area contributed by atoms with Crippen LogP contribution in [0.5, 0.6) is 0 Å². The van der Waals surface area contributed by atoms with Crippen molar-refractivity contribution in [3.8, 4) is 0 Å². The second-order valence-electron chi connectivity index (χ2n) is 3.67. The summed E-state index contributed by atoms with van der Waals surface area (Å²) in [7, 11) is 0. The molecule has 0 bridgehead atoms. The molecule has 100 valence electrons. The minimum Gasteiger partial charge on any atom is -0.477 e. The Morgan fingerprint density at radius 2 is 1.84 bits per heavy atom. The Labute approximate surface area is 102 Å². The zero-order valence-corrected chi connectivity index (χ0v) is 9.01. The van der Waals surface area contributed by atoms with E-state index in [0.29, 0.717) is 0 Å². The SMILES string of the molecule is O=C(O)c1[nH]c2c(F)cccc2c1C(=O)C(F)(F)F. The van der Waals surface area contributed by atoms with Gasteiger partial charge in [-0.15, -0.1) is 0 Å². The van der Waals surface area contributed by atoms with E-state index in [-0.39, 0.29) is 0 Å². The van der Waals surface area contributed by atoms with Crippen LogP contribution >= 0.6 is 0 Å². The number of carbonyl (C=O) groups excluding carboxylic acids is 1. The minimum absolute atomic E-state index is 0.417. The standard InChI is InChI=1S/C11H5F4NO3/c12-5-3-1-2-4-6(9(17)11(13,14)15)8(10(18)19)16-7(4)5/h1-3,16H,(H,18,19). The Kier molecular flexibility index (Phi) is 2.80. The number of benzene rings is 1. The van der Waals surface area contributed by atoms with Crippen molar-refractivity contribution in [2.45, 2.75) is 6.18 Å². The maximum absolute atomic E-state index is 13.4. The number of rotatable bonds is 2. The zero-order valence-electron chi connectivity index (χ0n) is 9.01. The number of fused-ring (bicyclic) bond motifs is 1. The largest absolute Gasteiger partial charge is 0.477 e. The maximum atomic E-state index is 13.4. The summed E-state index contributed by atoms with van der Waals surface area (Å²) in [6.07, 6.45) is -5.24. The lowest BCUT2D eigenvalue weighted by molar-refractivity contribution is -0.0884. The van der Waals surface area contributed by atoms with Crippen LogP contribution in [-0.2, 0) is 0 Å². The van der Waals surface area contributed by atoms with Gasteiger partial charge in [0, 0.05) is 5.39 Å². The quantitative estimate of drug-likeness (QED) is 0.654. The van der Waals surface area contributed by atoms with Crippen LogP contribution < -0.4 is 0 Å². The lowest BCUT2D eigenvalue weighted by atomic mass is 10.1. The number of alkyl halides is 3. The number of nitrogens with one attached hydrogen (secondary N) is 1. The highest BCUT2D eigenvalue weighted by Gasteiger charge is 2.43. The van der Waals surface area contributed by atoms with Crippen molar-refractivity contribution in [3.05, 3.63) is 35.3 Å². The Morgan fingerprint density at radius 1 is 1.21 bits per heavy atom. The van der Waals surface area contributed by atoms with Crippen molar-refractivity contribution in [2.24, 2.45) is 0 Å². The summed E-state index contributed by atoms with van der Waals surface area (Å²) in [5.41, 5.74) is -2.52. The van der Waals surface area contributed by atoms with E-state index in [1.807, 2.05) is 4.98 Å². The average molecular weight is 275 g/mol. The molecule has 2 aromatic rings. The number of aromatic nitrogens is 1. The number of carboxylic acid groups (broad SMARTS) is 1. The molecule has 0 aliphatic rings. The van der Waals surface area contributed by atoms with Crippen LogP contribution in [0.4, 0.5) is 17.6 Å². The predicted molar refractivity (Wildman–Crippen MR) is 55.6 cm³/mol. The van der Waals surface area contributed by atoms with E-state index in [1.165, 1.54) is 0 Å². The van der Waals surface area contributed by atoms with Gasteiger partial charge in [0.1, 0.15) is 11.5 Å². The number of H-pyrrole nitrogens is 1. The van der Waals surface area contributed by atoms with Crippen LogP contribution in [0.2, 0.25) is 0 Å². The number of halogens is 4. The van der Waals surface area contributed by atoms with Gasteiger partial charge in [-0.25, -0.2) is 9.18 Å². The number of Topliss-reactive ketones (excluding diaryl/α,β-unsaturated/α-hetero) is 1. The molecule has 2 rings (SSSR count). The van der Waals surface area contributed by atoms with Gasteiger partial charge < -0.3 is 10.1 Å². The van der Waals surface area contributed by atoms with E-state index in [4.69, 9.17) is 5.11 Å². The number of carboxylic acids is 1. The summed E-state index contributed by atoms with van der Waals surface area (Å²) in [4.78, 5) is 24.1. The fourth-order valence-electron chi connectivity index (χ4n) is 1.72.